The molecule has 2 rings (SSSR count). The molecule has 0 spiro atoms. The Hall–Kier alpha value is -2.28. The van der Waals surface area contributed by atoms with Gasteiger partial charge in [0.2, 0.25) is 0 Å². The second-order valence-electron chi connectivity index (χ2n) is 4.88. The Morgan fingerprint density at radius 2 is 2.05 bits per heavy atom. The standard InChI is InChI=1S/C15H20N2O5/c1-3-22-13(18)9-8-12-14(19)17(15(20)16-12)10-4-6-11(21-2)7-5-10/h4-7,12,14,19H,3,8-9H2,1-2H3,(H,16,20). The van der Waals surface area contributed by atoms with Crippen LogP contribution < -0.4 is 15.0 Å². The van der Waals surface area contributed by atoms with Crippen LogP contribution in [-0.4, -0.2) is 43.1 Å². The van der Waals surface area contributed by atoms with E-state index in [1.54, 1.807) is 38.3 Å². The van der Waals surface area contributed by atoms with Crippen molar-refractivity contribution in [2.24, 2.45) is 0 Å². The summed E-state index contributed by atoms with van der Waals surface area (Å²) in [5.74, 6) is 0.323. The predicted octanol–water partition coefficient (Wildman–Crippen LogP) is 1.26. The quantitative estimate of drug-likeness (QED) is 0.772. The lowest BCUT2D eigenvalue weighted by atomic mass is 10.1. The van der Waals surface area contributed by atoms with Crippen molar-refractivity contribution in [3.63, 3.8) is 0 Å². The molecule has 120 valence electrons. The van der Waals surface area contributed by atoms with Crippen molar-refractivity contribution in [2.75, 3.05) is 18.6 Å². The summed E-state index contributed by atoms with van der Waals surface area (Å²) in [7, 11) is 1.55. The molecule has 0 radical (unpaired) electrons. The van der Waals surface area contributed by atoms with Crippen molar-refractivity contribution in [3.8, 4) is 5.75 Å². The predicted molar refractivity (Wildman–Crippen MR) is 79.7 cm³/mol. The van der Waals surface area contributed by atoms with Crippen molar-refractivity contribution in [3.05, 3.63) is 24.3 Å². The van der Waals surface area contributed by atoms with Crippen molar-refractivity contribution in [2.45, 2.75) is 32.0 Å². The van der Waals surface area contributed by atoms with Gasteiger partial charge >= 0.3 is 12.0 Å². The third-order valence-corrected chi connectivity index (χ3v) is 3.47. The van der Waals surface area contributed by atoms with E-state index in [1.807, 2.05) is 0 Å². The SMILES string of the molecule is CCOC(=O)CCC1NC(=O)N(c2ccc(OC)cc2)C1O. The second kappa shape index (κ2) is 7.13. The molecule has 0 saturated carbocycles. The average Bonchev–Trinajstić information content (AvgIpc) is 2.80. The maximum atomic E-state index is 12.0. The number of aliphatic hydroxyl groups is 1. The molecule has 2 atom stereocenters. The van der Waals surface area contributed by atoms with Crippen LogP contribution in [0.3, 0.4) is 0 Å². The number of hydrogen-bond acceptors (Lipinski definition) is 5. The van der Waals surface area contributed by atoms with Crippen LogP contribution in [0.2, 0.25) is 0 Å². The zero-order valence-corrected chi connectivity index (χ0v) is 12.6. The van der Waals surface area contributed by atoms with E-state index in [-0.39, 0.29) is 12.4 Å². The van der Waals surface area contributed by atoms with Crippen LogP contribution in [0.25, 0.3) is 0 Å². The Morgan fingerprint density at radius 3 is 2.64 bits per heavy atom. The minimum atomic E-state index is -1.03. The highest BCUT2D eigenvalue weighted by Gasteiger charge is 2.39. The molecule has 1 heterocycles. The lowest BCUT2D eigenvalue weighted by molar-refractivity contribution is -0.143. The summed E-state index contributed by atoms with van der Waals surface area (Å²) in [5, 5.41) is 13.0. The smallest absolute Gasteiger partial charge is 0.324 e. The first-order valence-corrected chi connectivity index (χ1v) is 7.14. The molecule has 22 heavy (non-hydrogen) atoms. The maximum Gasteiger partial charge on any atom is 0.324 e. The largest absolute Gasteiger partial charge is 0.497 e. The summed E-state index contributed by atoms with van der Waals surface area (Å²) < 4.78 is 9.90. The summed E-state index contributed by atoms with van der Waals surface area (Å²) in [5.41, 5.74) is 0.560. The normalized spacial score (nSPS) is 20.7. The molecule has 2 unspecified atom stereocenters. The van der Waals surface area contributed by atoms with Crippen molar-refractivity contribution in [1.29, 1.82) is 0 Å². The number of amides is 2. The molecule has 0 aliphatic carbocycles. The van der Waals surface area contributed by atoms with E-state index in [2.05, 4.69) is 5.32 Å². The van der Waals surface area contributed by atoms with Gasteiger partial charge in [0.25, 0.3) is 0 Å². The van der Waals surface area contributed by atoms with Crippen molar-refractivity contribution in [1.82, 2.24) is 5.32 Å². The number of carbonyl (C=O) groups is 2. The molecule has 7 nitrogen and oxygen atoms in total. The number of rotatable bonds is 6. The molecule has 1 aromatic rings. The topological polar surface area (TPSA) is 88.1 Å². The molecule has 1 aliphatic heterocycles. The third-order valence-electron chi connectivity index (χ3n) is 3.47. The monoisotopic (exact) mass is 308 g/mol. The number of aliphatic hydroxyl groups excluding tert-OH is 1. The maximum absolute atomic E-state index is 12.0. The fraction of sp³-hybridized carbons (Fsp3) is 0.467. The Bertz CT molecular complexity index is 531. The highest BCUT2D eigenvalue weighted by atomic mass is 16.5. The van der Waals surface area contributed by atoms with E-state index < -0.39 is 18.3 Å². The average molecular weight is 308 g/mol. The van der Waals surface area contributed by atoms with E-state index in [1.165, 1.54) is 4.90 Å². The van der Waals surface area contributed by atoms with Gasteiger partial charge in [0.1, 0.15) is 5.75 Å². The summed E-state index contributed by atoms with van der Waals surface area (Å²) in [6, 6.07) is 5.89. The Morgan fingerprint density at radius 1 is 1.36 bits per heavy atom. The van der Waals surface area contributed by atoms with Crippen LogP contribution in [0.4, 0.5) is 10.5 Å². The van der Waals surface area contributed by atoms with E-state index in [0.717, 1.165) is 0 Å². The molecule has 1 aromatic carbocycles. The Kier molecular flexibility index (Phi) is 5.21. The number of anilines is 1. The van der Waals surface area contributed by atoms with Gasteiger partial charge in [-0.05, 0) is 37.6 Å². The summed E-state index contributed by atoms with van der Waals surface area (Å²) >= 11 is 0. The van der Waals surface area contributed by atoms with E-state index in [0.29, 0.717) is 24.5 Å². The van der Waals surface area contributed by atoms with Crippen molar-refractivity contribution < 1.29 is 24.2 Å². The fourth-order valence-electron chi connectivity index (χ4n) is 2.34. The highest BCUT2D eigenvalue weighted by molar-refractivity contribution is 5.95. The number of nitrogens with zero attached hydrogens (tertiary/aromatic N) is 1. The van der Waals surface area contributed by atoms with Gasteiger partial charge in [0.15, 0.2) is 6.23 Å². The molecule has 2 N–H and O–H groups in total. The lowest BCUT2D eigenvalue weighted by Crippen LogP contribution is -2.36. The Balaban J connectivity index is 2.01. The summed E-state index contributed by atoms with van der Waals surface area (Å²) in [4.78, 5) is 24.7. The van der Waals surface area contributed by atoms with Gasteiger partial charge in [-0.15, -0.1) is 0 Å². The van der Waals surface area contributed by atoms with Crippen LogP contribution in [0.15, 0.2) is 24.3 Å². The minimum Gasteiger partial charge on any atom is -0.497 e. The summed E-state index contributed by atoms with van der Waals surface area (Å²) in [6.45, 7) is 2.05. The van der Waals surface area contributed by atoms with Gasteiger partial charge in [-0.3, -0.25) is 9.69 Å². The highest BCUT2D eigenvalue weighted by Crippen LogP contribution is 2.26. The fourth-order valence-corrected chi connectivity index (χ4v) is 2.34. The number of urea groups is 1. The van der Waals surface area contributed by atoms with Crippen LogP contribution in [-0.2, 0) is 9.53 Å². The molecule has 7 heteroatoms. The molecule has 1 fully saturated rings. The lowest BCUT2D eigenvalue weighted by Gasteiger charge is -2.21. The van der Waals surface area contributed by atoms with Gasteiger partial charge in [-0.2, -0.15) is 0 Å². The molecular weight excluding hydrogens is 288 g/mol. The van der Waals surface area contributed by atoms with E-state index in [4.69, 9.17) is 9.47 Å². The number of ether oxygens (including phenoxy) is 2. The van der Waals surface area contributed by atoms with Crippen LogP contribution in [0.5, 0.6) is 5.75 Å². The first-order valence-electron chi connectivity index (χ1n) is 7.14. The van der Waals surface area contributed by atoms with Gasteiger partial charge in [-0.1, -0.05) is 0 Å². The molecule has 2 amide bonds. The minimum absolute atomic E-state index is 0.145. The molecule has 1 saturated heterocycles. The number of hydrogen-bond donors (Lipinski definition) is 2. The number of esters is 1. The number of carbonyl (C=O) groups excluding carboxylic acids is 2. The number of methoxy groups -OCH3 is 1. The Labute approximate surface area is 128 Å². The van der Waals surface area contributed by atoms with Crippen molar-refractivity contribution >= 4 is 17.7 Å². The first-order chi connectivity index (χ1) is 10.6. The van der Waals surface area contributed by atoms with Crippen LogP contribution in [0.1, 0.15) is 19.8 Å². The zero-order chi connectivity index (χ0) is 16.1. The molecule has 1 aliphatic rings. The van der Waals surface area contributed by atoms with Crippen LogP contribution >= 0.6 is 0 Å². The van der Waals surface area contributed by atoms with Gasteiger partial charge in [0, 0.05) is 12.1 Å². The third kappa shape index (κ3) is 3.48. The number of benzene rings is 1. The van der Waals surface area contributed by atoms with Gasteiger partial charge in [-0.25, -0.2) is 4.79 Å². The van der Waals surface area contributed by atoms with Gasteiger partial charge in [0.05, 0.1) is 19.8 Å². The second-order valence-corrected chi connectivity index (χ2v) is 4.88. The number of nitrogens with one attached hydrogen (secondary N) is 1. The van der Waals surface area contributed by atoms with Crippen LogP contribution in [0, 0.1) is 0 Å². The molecule has 0 bridgehead atoms. The van der Waals surface area contributed by atoms with Gasteiger partial charge < -0.3 is 19.9 Å². The molecule has 0 aromatic heterocycles. The molecular formula is C15H20N2O5. The van der Waals surface area contributed by atoms with E-state index >= 15 is 0 Å². The first kappa shape index (κ1) is 16.1. The van der Waals surface area contributed by atoms with E-state index in [9.17, 15) is 14.7 Å². The summed E-state index contributed by atoms with van der Waals surface area (Å²) in [6.07, 6.45) is -0.569. The zero-order valence-electron chi connectivity index (χ0n) is 12.6.